The Balaban J connectivity index is 2.14. The molecule has 0 aliphatic heterocycles. The molecule has 0 heterocycles. The first-order chi connectivity index (χ1) is 16.2. The van der Waals surface area contributed by atoms with Crippen molar-refractivity contribution in [2.45, 2.75) is 39.4 Å². The highest BCUT2D eigenvalue weighted by Crippen LogP contribution is 2.34. The molecule has 9 heteroatoms. The fourth-order valence-corrected chi connectivity index (χ4v) is 3.31. The molecule has 188 valence electrons. The van der Waals surface area contributed by atoms with Crippen molar-refractivity contribution in [3.8, 4) is 11.8 Å². The molecule has 0 aliphatic rings. The number of aryl methyl sites for hydroxylation is 2. The molecule has 0 saturated carbocycles. The molecule has 0 fully saturated rings. The van der Waals surface area contributed by atoms with Crippen molar-refractivity contribution in [3.05, 3.63) is 64.7 Å². The van der Waals surface area contributed by atoms with E-state index in [1.54, 1.807) is 13.8 Å². The summed E-state index contributed by atoms with van der Waals surface area (Å²) in [5.74, 6) is 0.167. The number of carbonyl (C=O) groups is 1. The lowest BCUT2D eigenvalue weighted by Gasteiger charge is -2.29. The van der Waals surface area contributed by atoms with Crippen molar-refractivity contribution >= 4 is 17.3 Å². The molecule has 0 aromatic heterocycles. The van der Waals surface area contributed by atoms with E-state index >= 15 is 0 Å². The van der Waals surface area contributed by atoms with Crippen molar-refractivity contribution in [1.82, 2.24) is 4.90 Å². The van der Waals surface area contributed by atoms with Gasteiger partial charge < -0.3 is 20.3 Å². The predicted octanol–water partition coefficient (Wildman–Crippen LogP) is 5.52. The number of hydrogen-bond donors (Lipinski definition) is 2. The van der Waals surface area contributed by atoms with Gasteiger partial charge in [0.05, 0.1) is 17.2 Å². The zero-order valence-electron chi connectivity index (χ0n) is 20.8. The van der Waals surface area contributed by atoms with E-state index in [0.29, 0.717) is 12.4 Å². The Labute approximate surface area is 204 Å². The SMILES string of the molecule is Cc1cc(OC/C=C/CN(C)C)cc(C)c1NC(C)(C)C(=O)Nc1ccc(C#N)c(C(F)(F)F)c1. The lowest BCUT2D eigenvalue weighted by molar-refractivity contribution is -0.137. The maximum Gasteiger partial charge on any atom is 0.417 e. The highest BCUT2D eigenvalue weighted by Gasteiger charge is 2.35. The van der Waals surface area contributed by atoms with E-state index in [1.165, 1.54) is 12.1 Å². The molecule has 0 aliphatic carbocycles. The number of nitrogens with one attached hydrogen (secondary N) is 2. The average molecular weight is 489 g/mol. The first-order valence-electron chi connectivity index (χ1n) is 11.0. The topological polar surface area (TPSA) is 77.4 Å². The number of hydrogen-bond acceptors (Lipinski definition) is 5. The third kappa shape index (κ3) is 7.76. The smallest absolute Gasteiger partial charge is 0.417 e. The maximum absolute atomic E-state index is 13.3. The highest BCUT2D eigenvalue weighted by atomic mass is 19.4. The minimum absolute atomic E-state index is 0.0456. The molecule has 2 rings (SSSR count). The van der Waals surface area contributed by atoms with Crippen LogP contribution in [0.3, 0.4) is 0 Å². The zero-order valence-corrected chi connectivity index (χ0v) is 20.8. The molecule has 2 aromatic rings. The molecule has 6 nitrogen and oxygen atoms in total. The second kappa shape index (κ2) is 11.3. The Bertz CT molecular complexity index is 1110. The largest absolute Gasteiger partial charge is 0.490 e. The summed E-state index contributed by atoms with van der Waals surface area (Å²) in [5, 5.41) is 14.7. The van der Waals surface area contributed by atoms with E-state index in [2.05, 4.69) is 10.6 Å². The number of likely N-dealkylation sites (N-methyl/N-ethyl adjacent to an activating group) is 1. The summed E-state index contributed by atoms with van der Waals surface area (Å²) in [6, 6.07) is 8.33. The normalized spacial score (nSPS) is 12.0. The van der Waals surface area contributed by atoms with Crippen molar-refractivity contribution in [2.24, 2.45) is 0 Å². The van der Waals surface area contributed by atoms with Gasteiger partial charge in [-0.2, -0.15) is 18.4 Å². The third-order valence-corrected chi connectivity index (χ3v) is 5.20. The van der Waals surface area contributed by atoms with Crippen LogP contribution >= 0.6 is 0 Å². The van der Waals surface area contributed by atoms with Gasteiger partial charge in [-0.25, -0.2) is 0 Å². The number of ether oxygens (including phenoxy) is 1. The number of nitrogens with zero attached hydrogens (tertiary/aromatic N) is 2. The monoisotopic (exact) mass is 488 g/mol. The van der Waals surface area contributed by atoms with Gasteiger partial charge in [0.1, 0.15) is 17.9 Å². The molecule has 0 spiro atoms. The van der Waals surface area contributed by atoms with Crippen molar-refractivity contribution in [3.63, 3.8) is 0 Å². The van der Waals surface area contributed by atoms with Gasteiger partial charge in [-0.15, -0.1) is 0 Å². The quantitative estimate of drug-likeness (QED) is 0.455. The number of halogens is 3. The highest BCUT2D eigenvalue weighted by molar-refractivity contribution is 5.99. The summed E-state index contributed by atoms with van der Waals surface area (Å²) in [7, 11) is 3.96. The van der Waals surface area contributed by atoms with Crippen LogP contribution in [0.15, 0.2) is 42.5 Å². The zero-order chi connectivity index (χ0) is 26.4. The van der Waals surface area contributed by atoms with Gasteiger partial charge in [0.25, 0.3) is 0 Å². The van der Waals surface area contributed by atoms with Crippen LogP contribution in [0, 0.1) is 25.2 Å². The summed E-state index contributed by atoms with van der Waals surface area (Å²) < 4.78 is 45.5. The maximum atomic E-state index is 13.3. The van der Waals surface area contributed by atoms with Gasteiger partial charge in [0.15, 0.2) is 0 Å². The standard InChI is InChI=1S/C26H31F3N4O2/c1-17-13-21(35-12-8-7-11-33(5)6)14-18(2)23(17)32-25(3,4)24(34)31-20-10-9-19(16-30)22(15-20)26(27,28)29/h7-10,13-15,32H,11-12H2,1-6H3,(H,31,34)/b8-7+. The number of nitriles is 1. The van der Waals surface area contributed by atoms with Gasteiger partial charge in [-0.05, 0) is 83.2 Å². The molecule has 2 aromatic carbocycles. The second-order valence-corrected chi connectivity index (χ2v) is 9.05. The fourth-order valence-electron chi connectivity index (χ4n) is 3.31. The number of rotatable bonds is 9. The minimum Gasteiger partial charge on any atom is -0.490 e. The molecule has 0 atom stereocenters. The molecule has 2 N–H and O–H groups in total. The summed E-state index contributed by atoms with van der Waals surface area (Å²) in [6.07, 6.45) is -0.750. The molecule has 0 bridgehead atoms. The number of alkyl halides is 3. The molecule has 1 amide bonds. The Morgan fingerprint density at radius 1 is 1.11 bits per heavy atom. The van der Waals surface area contributed by atoms with E-state index in [-0.39, 0.29) is 5.69 Å². The van der Waals surface area contributed by atoms with Gasteiger partial charge >= 0.3 is 6.18 Å². The minimum atomic E-state index is -4.71. The van der Waals surface area contributed by atoms with Crippen LogP contribution in [-0.4, -0.2) is 43.6 Å². The van der Waals surface area contributed by atoms with Gasteiger partial charge in [0.2, 0.25) is 5.91 Å². The van der Waals surface area contributed by atoms with Crippen LogP contribution < -0.4 is 15.4 Å². The van der Waals surface area contributed by atoms with Gasteiger partial charge in [-0.3, -0.25) is 4.79 Å². The van der Waals surface area contributed by atoms with E-state index in [1.807, 2.05) is 57.1 Å². The van der Waals surface area contributed by atoms with E-state index in [0.717, 1.165) is 35.5 Å². The molecular weight excluding hydrogens is 457 g/mol. The van der Waals surface area contributed by atoms with Crippen molar-refractivity contribution in [2.75, 3.05) is 37.9 Å². The number of amides is 1. The average Bonchev–Trinajstić information content (AvgIpc) is 2.75. The lowest BCUT2D eigenvalue weighted by Crippen LogP contribution is -2.44. The van der Waals surface area contributed by atoms with Gasteiger partial charge in [0, 0.05) is 17.9 Å². The van der Waals surface area contributed by atoms with Crippen LogP contribution in [0.5, 0.6) is 5.75 Å². The van der Waals surface area contributed by atoms with Gasteiger partial charge in [-0.1, -0.05) is 12.2 Å². The Hall–Kier alpha value is -3.51. The molecule has 0 unspecified atom stereocenters. The summed E-state index contributed by atoms with van der Waals surface area (Å²) >= 11 is 0. The number of anilines is 2. The van der Waals surface area contributed by atoms with E-state index in [4.69, 9.17) is 10.00 Å². The van der Waals surface area contributed by atoms with Crippen molar-refractivity contribution < 1.29 is 22.7 Å². The van der Waals surface area contributed by atoms with Crippen LogP contribution in [0.1, 0.15) is 36.1 Å². The number of benzene rings is 2. The predicted molar refractivity (Wildman–Crippen MR) is 132 cm³/mol. The fraction of sp³-hybridized carbons (Fsp3) is 0.385. The van der Waals surface area contributed by atoms with Crippen molar-refractivity contribution in [1.29, 1.82) is 5.26 Å². The third-order valence-electron chi connectivity index (χ3n) is 5.20. The first kappa shape index (κ1) is 27.7. The van der Waals surface area contributed by atoms with Crippen LogP contribution in [0.4, 0.5) is 24.5 Å². The van der Waals surface area contributed by atoms with Crippen LogP contribution in [-0.2, 0) is 11.0 Å². The van der Waals surface area contributed by atoms with E-state index in [9.17, 15) is 18.0 Å². The summed E-state index contributed by atoms with van der Waals surface area (Å²) in [4.78, 5) is 15.0. The van der Waals surface area contributed by atoms with Crippen LogP contribution in [0.25, 0.3) is 0 Å². The summed E-state index contributed by atoms with van der Waals surface area (Å²) in [5.41, 5.74) is -0.352. The Morgan fingerprint density at radius 2 is 1.74 bits per heavy atom. The molecule has 35 heavy (non-hydrogen) atoms. The summed E-state index contributed by atoms with van der Waals surface area (Å²) in [6.45, 7) is 8.28. The first-order valence-corrected chi connectivity index (χ1v) is 11.0. The molecule has 0 saturated heterocycles. The Kier molecular flexibility index (Phi) is 8.94. The second-order valence-electron chi connectivity index (χ2n) is 9.05. The molecule has 0 radical (unpaired) electrons. The molecular formula is C26H31F3N4O2. The van der Waals surface area contributed by atoms with E-state index < -0.39 is 28.7 Å². The Morgan fingerprint density at radius 3 is 2.29 bits per heavy atom. The van der Waals surface area contributed by atoms with Crippen LogP contribution in [0.2, 0.25) is 0 Å². The lowest BCUT2D eigenvalue weighted by atomic mass is 10.00. The number of carbonyl (C=O) groups excluding carboxylic acids is 1.